The van der Waals surface area contributed by atoms with E-state index < -0.39 is 0 Å². The van der Waals surface area contributed by atoms with Gasteiger partial charge >= 0.3 is 0 Å². The Morgan fingerprint density at radius 3 is 2.59 bits per heavy atom. The SMILES string of the molecule is CCNC(=NCc1nnc(C)n1C)N1CCC(c2ccccc2)C(C)C1.I. The lowest BCUT2D eigenvalue weighted by molar-refractivity contribution is 0.234. The van der Waals surface area contributed by atoms with Crippen molar-refractivity contribution in [3.63, 3.8) is 0 Å². The predicted octanol–water partition coefficient (Wildman–Crippen LogP) is 3.33. The molecule has 0 aliphatic carbocycles. The first kappa shape index (κ1) is 21.7. The van der Waals surface area contributed by atoms with Gasteiger partial charge in [-0.15, -0.1) is 34.2 Å². The van der Waals surface area contributed by atoms with E-state index in [-0.39, 0.29) is 24.0 Å². The molecule has 1 fully saturated rings. The molecule has 2 heterocycles. The monoisotopic (exact) mass is 482 g/mol. The molecule has 7 heteroatoms. The van der Waals surface area contributed by atoms with Gasteiger partial charge in [-0.1, -0.05) is 37.3 Å². The van der Waals surface area contributed by atoms with E-state index in [4.69, 9.17) is 4.99 Å². The van der Waals surface area contributed by atoms with Crippen LogP contribution in [0.2, 0.25) is 0 Å². The van der Waals surface area contributed by atoms with Gasteiger partial charge in [-0.3, -0.25) is 0 Å². The minimum atomic E-state index is 0. The van der Waals surface area contributed by atoms with Gasteiger partial charge in [0.05, 0.1) is 0 Å². The van der Waals surface area contributed by atoms with Crippen molar-refractivity contribution in [1.29, 1.82) is 0 Å². The number of halogens is 1. The molecule has 3 rings (SSSR count). The molecule has 0 amide bonds. The quantitative estimate of drug-likeness (QED) is 0.413. The minimum absolute atomic E-state index is 0. The maximum absolute atomic E-state index is 4.82. The molecule has 1 aliphatic rings. The van der Waals surface area contributed by atoms with Gasteiger partial charge in [0.1, 0.15) is 12.4 Å². The maximum Gasteiger partial charge on any atom is 0.194 e. The number of aryl methyl sites for hydroxylation is 1. The Hall–Kier alpha value is -1.64. The van der Waals surface area contributed by atoms with Crippen LogP contribution in [0.15, 0.2) is 35.3 Å². The van der Waals surface area contributed by atoms with E-state index in [1.54, 1.807) is 0 Å². The minimum Gasteiger partial charge on any atom is -0.357 e. The molecule has 1 aromatic heterocycles. The van der Waals surface area contributed by atoms with Gasteiger partial charge in [0.25, 0.3) is 0 Å². The zero-order valence-corrected chi connectivity index (χ0v) is 19.1. The molecule has 0 radical (unpaired) electrons. The van der Waals surface area contributed by atoms with Crippen molar-refractivity contribution in [3.8, 4) is 0 Å². The third-order valence-corrected chi connectivity index (χ3v) is 5.32. The number of aliphatic imine (C=N–C) groups is 1. The molecule has 2 atom stereocenters. The zero-order valence-electron chi connectivity index (χ0n) is 16.7. The average molecular weight is 482 g/mol. The van der Waals surface area contributed by atoms with Gasteiger partial charge in [-0.2, -0.15) is 0 Å². The lowest BCUT2D eigenvalue weighted by Gasteiger charge is -2.39. The number of likely N-dealkylation sites (tertiary alicyclic amines) is 1. The van der Waals surface area contributed by atoms with Crippen LogP contribution in [0.5, 0.6) is 0 Å². The summed E-state index contributed by atoms with van der Waals surface area (Å²) in [7, 11) is 1.99. The lowest BCUT2D eigenvalue weighted by Crippen LogP contribution is -2.48. The predicted molar refractivity (Wildman–Crippen MR) is 121 cm³/mol. The van der Waals surface area contributed by atoms with Crippen molar-refractivity contribution in [2.75, 3.05) is 19.6 Å². The molecular formula is C20H31IN6. The number of benzene rings is 1. The fourth-order valence-corrected chi connectivity index (χ4v) is 3.69. The molecule has 0 saturated carbocycles. The van der Waals surface area contributed by atoms with Gasteiger partial charge in [0.2, 0.25) is 0 Å². The van der Waals surface area contributed by atoms with Crippen LogP contribution in [0.3, 0.4) is 0 Å². The van der Waals surface area contributed by atoms with E-state index in [0.29, 0.717) is 18.4 Å². The number of guanidine groups is 1. The highest BCUT2D eigenvalue weighted by Crippen LogP contribution is 2.32. The third kappa shape index (κ3) is 5.21. The molecule has 27 heavy (non-hydrogen) atoms. The first-order valence-electron chi connectivity index (χ1n) is 9.53. The summed E-state index contributed by atoms with van der Waals surface area (Å²) in [5.74, 6) is 4.00. The van der Waals surface area contributed by atoms with Crippen LogP contribution in [-0.2, 0) is 13.6 Å². The summed E-state index contributed by atoms with van der Waals surface area (Å²) in [4.78, 5) is 7.21. The van der Waals surface area contributed by atoms with Crippen LogP contribution >= 0.6 is 24.0 Å². The molecule has 0 spiro atoms. The number of hydrogen-bond donors (Lipinski definition) is 1. The third-order valence-electron chi connectivity index (χ3n) is 5.32. The second kappa shape index (κ2) is 10.1. The van der Waals surface area contributed by atoms with Crippen LogP contribution in [0.1, 0.15) is 43.4 Å². The Morgan fingerprint density at radius 1 is 1.26 bits per heavy atom. The summed E-state index contributed by atoms with van der Waals surface area (Å²) in [5.41, 5.74) is 1.45. The standard InChI is InChI=1S/C20H30N6.HI/c1-5-21-20(22-13-19-24-23-16(3)25(19)4)26-12-11-18(15(2)14-26)17-9-7-6-8-10-17;/h6-10,15,18H,5,11-14H2,1-4H3,(H,21,22);1H. The molecule has 1 aromatic carbocycles. The number of nitrogens with one attached hydrogen (secondary N) is 1. The molecular weight excluding hydrogens is 451 g/mol. The van der Waals surface area contributed by atoms with E-state index in [9.17, 15) is 0 Å². The van der Waals surface area contributed by atoms with Gasteiger partial charge in [0, 0.05) is 26.7 Å². The van der Waals surface area contributed by atoms with Crippen molar-refractivity contribution in [1.82, 2.24) is 25.0 Å². The van der Waals surface area contributed by atoms with E-state index >= 15 is 0 Å². The Morgan fingerprint density at radius 2 is 2.00 bits per heavy atom. The molecule has 1 saturated heterocycles. The second-order valence-corrected chi connectivity index (χ2v) is 7.12. The highest BCUT2D eigenvalue weighted by molar-refractivity contribution is 14.0. The van der Waals surface area contributed by atoms with Crippen molar-refractivity contribution in [2.24, 2.45) is 18.0 Å². The van der Waals surface area contributed by atoms with E-state index in [1.807, 2.05) is 18.5 Å². The van der Waals surface area contributed by atoms with Crippen molar-refractivity contribution in [2.45, 2.75) is 39.7 Å². The normalized spacial score (nSPS) is 20.3. The van der Waals surface area contributed by atoms with Crippen LogP contribution in [0.4, 0.5) is 0 Å². The fraction of sp³-hybridized carbons (Fsp3) is 0.550. The summed E-state index contributed by atoms with van der Waals surface area (Å²) in [6, 6.07) is 10.9. The Balaban J connectivity index is 0.00000261. The molecule has 2 aromatic rings. The first-order chi connectivity index (χ1) is 12.6. The van der Waals surface area contributed by atoms with Gasteiger partial charge in [-0.25, -0.2) is 4.99 Å². The summed E-state index contributed by atoms with van der Waals surface area (Å²) >= 11 is 0. The summed E-state index contributed by atoms with van der Waals surface area (Å²) in [6.45, 7) is 9.87. The molecule has 2 unspecified atom stereocenters. The zero-order chi connectivity index (χ0) is 18.5. The summed E-state index contributed by atoms with van der Waals surface area (Å²) in [6.07, 6.45) is 1.15. The van der Waals surface area contributed by atoms with E-state index in [0.717, 1.165) is 43.7 Å². The van der Waals surface area contributed by atoms with Crippen LogP contribution in [-0.4, -0.2) is 45.3 Å². The van der Waals surface area contributed by atoms with Crippen molar-refractivity contribution < 1.29 is 0 Å². The van der Waals surface area contributed by atoms with Crippen molar-refractivity contribution in [3.05, 3.63) is 47.5 Å². The van der Waals surface area contributed by atoms with Crippen LogP contribution in [0, 0.1) is 12.8 Å². The fourth-order valence-electron chi connectivity index (χ4n) is 3.69. The van der Waals surface area contributed by atoms with Gasteiger partial charge in [0.15, 0.2) is 11.8 Å². The van der Waals surface area contributed by atoms with E-state index in [1.165, 1.54) is 5.56 Å². The summed E-state index contributed by atoms with van der Waals surface area (Å²) in [5, 5.41) is 11.8. The average Bonchev–Trinajstić information content (AvgIpc) is 2.98. The molecule has 6 nitrogen and oxygen atoms in total. The largest absolute Gasteiger partial charge is 0.357 e. The Bertz CT molecular complexity index is 742. The maximum atomic E-state index is 4.82. The topological polar surface area (TPSA) is 58.3 Å². The smallest absolute Gasteiger partial charge is 0.194 e. The molecule has 1 aliphatic heterocycles. The van der Waals surface area contributed by atoms with Gasteiger partial charge in [-0.05, 0) is 37.7 Å². The van der Waals surface area contributed by atoms with Gasteiger partial charge < -0.3 is 14.8 Å². The van der Waals surface area contributed by atoms with Crippen molar-refractivity contribution >= 4 is 29.9 Å². The van der Waals surface area contributed by atoms with Crippen LogP contribution in [0.25, 0.3) is 0 Å². The number of piperidine rings is 1. The van der Waals surface area contributed by atoms with E-state index in [2.05, 4.69) is 64.6 Å². The number of hydrogen-bond acceptors (Lipinski definition) is 3. The highest BCUT2D eigenvalue weighted by Gasteiger charge is 2.28. The molecule has 0 bridgehead atoms. The number of rotatable bonds is 4. The number of nitrogens with zero attached hydrogens (tertiary/aromatic N) is 5. The highest BCUT2D eigenvalue weighted by atomic mass is 127. The molecule has 1 N–H and O–H groups in total. The number of aromatic nitrogens is 3. The molecule has 148 valence electrons. The first-order valence-corrected chi connectivity index (χ1v) is 9.53. The second-order valence-electron chi connectivity index (χ2n) is 7.12. The lowest BCUT2D eigenvalue weighted by atomic mass is 9.82. The Kier molecular flexibility index (Phi) is 8.07. The summed E-state index contributed by atoms with van der Waals surface area (Å²) < 4.78 is 2.00. The van der Waals surface area contributed by atoms with Crippen LogP contribution < -0.4 is 5.32 Å². The Labute approximate surface area is 179 Å².